The summed E-state index contributed by atoms with van der Waals surface area (Å²) in [7, 11) is 0. The fourth-order valence-electron chi connectivity index (χ4n) is 1.84. The standard InChI is InChI=1S/C13H13ClN4O2/c1-8-3-9(2)13(11(14)4-8)15-12(20)6-18-5-10(7-19)16-17-18/h3-5,7H,6H2,1-2H3,(H,15,20). The summed E-state index contributed by atoms with van der Waals surface area (Å²) in [6.45, 7) is 3.76. The summed E-state index contributed by atoms with van der Waals surface area (Å²) < 4.78 is 1.29. The molecule has 0 fully saturated rings. The minimum absolute atomic E-state index is 0.0372. The Morgan fingerprint density at radius 3 is 2.80 bits per heavy atom. The number of benzene rings is 1. The number of carbonyl (C=O) groups is 2. The van der Waals surface area contributed by atoms with E-state index in [1.165, 1.54) is 10.9 Å². The number of nitrogens with one attached hydrogen (secondary N) is 1. The number of nitrogens with zero attached hydrogens (tertiary/aromatic N) is 3. The molecule has 2 rings (SSSR count). The van der Waals surface area contributed by atoms with Crippen molar-refractivity contribution in [1.82, 2.24) is 15.0 Å². The number of amides is 1. The van der Waals surface area contributed by atoms with Crippen molar-refractivity contribution in [3.8, 4) is 0 Å². The summed E-state index contributed by atoms with van der Waals surface area (Å²) in [6, 6.07) is 3.71. The number of carbonyl (C=O) groups excluding carboxylic acids is 2. The summed E-state index contributed by atoms with van der Waals surface area (Å²) in [5.41, 5.74) is 2.67. The molecule has 1 N–H and O–H groups in total. The first kappa shape index (κ1) is 14.2. The van der Waals surface area contributed by atoms with Gasteiger partial charge in [-0.1, -0.05) is 22.9 Å². The van der Waals surface area contributed by atoms with Crippen LogP contribution in [0.5, 0.6) is 0 Å². The van der Waals surface area contributed by atoms with Crippen LogP contribution < -0.4 is 5.32 Å². The maximum atomic E-state index is 11.9. The Hall–Kier alpha value is -2.21. The number of hydrogen-bond donors (Lipinski definition) is 1. The molecule has 0 unspecified atom stereocenters. The zero-order valence-electron chi connectivity index (χ0n) is 11.1. The van der Waals surface area contributed by atoms with Crippen molar-refractivity contribution in [2.24, 2.45) is 0 Å². The van der Waals surface area contributed by atoms with Gasteiger partial charge in [0.2, 0.25) is 5.91 Å². The third-order valence-corrected chi connectivity index (χ3v) is 2.98. The Kier molecular flexibility index (Phi) is 4.14. The number of anilines is 1. The molecule has 0 aliphatic heterocycles. The van der Waals surface area contributed by atoms with Crippen LogP contribution in [-0.2, 0) is 11.3 Å². The Balaban J connectivity index is 2.10. The molecule has 1 aromatic carbocycles. The third-order valence-electron chi connectivity index (χ3n) is 2.68. The minimum Gasteiger partial charge on any atom is -0.323 e. The van der Waals surface area contributed by atoms with Gasteiger partial charge in [-0.3, -0.25) is 9.59 Å². The first-order valence-electron chi connectivity index (χ1n) is 5.91. The van der Waals surface area contributed by atoms with Crippen LogP contribution in [0.3, 0.4) is 0 Å². The van der Waals surface area contributed by atoms with Crippen molar-refractivity contribution >= 4 is 29.5 Å². The monoisotopic (exact) mass is 292 g/mol. The van der Waals surface area contributed by atoms with E-state index in [4.69, 9.17) is 11.6 Å². The predicted octanol–water partition coefficient (Wildman–Crippen LogP) is 2.00. The second kappa shape index (κ2) is 5.83. The molecule has 0 aliphatic carbocycles. The molecule has 0 saturated carbocycles. The molecular weight excluding hydrogens is 280 g/mol. The molecule has 2 aromatic rings. The lowest BCUT2D eigenvalue weighted by molar-refractivity contribution is -0.116. The number of hydrogen-bond acceptors (Lipinski definition) is 4. The van der Waals surface area contributed by atoms with E-state index in [-0.39, 0.29) is 18.1 Å². The van der Waals surface area contributed by atoms with Crippen LogP contribution in [0.15, 0.2) is 18.3 Å². The fraction of sp³-hybridized carbons (Fsp3) is 0.231. The highest BCUT2D eigenvalue weighted by molar-refractivity contribution is 6.34. The number of rotatable bonds is 4. The average Bonchev–Trinajstić information content (AvgIpc) is 2.81. The van der Waals surface area contributed by atoms with E-state index in [9.17, 15) is 9.59 Å². The largest absolute Gasteiger partial charge is 0.323 e. The molecule has 0 atom stereocenters. The highest BCUT2D eigenvalue weighted by Gasteiger charge is 2.11. The van der Waals surface area contributed by atoms with Gasteiger partial charge in [-0.25, -0.2) is 4.68 Å². The van der Waals surface area contributed by atoms with Crippen LogP contribution in [-0.4, -0.2) is 27.2 Å². The SMILES string of the molecule is Cc1cc(C)c(NC(=O)Cn2cc(C=O)nn2)c(Cl)c1. The van der Waals surface area contributed by atoms with E-state index >= 15 is 0 Å². The molecule has 1 heterocycles. The van der Waals surface area contributed by atoms with Gasteiger partial charge in [0.15, 0.2) is 6.29 Å². The Morgan fingerprint density at radius 1 is 1.45 bits per heavy atom. The molecule has 7 heteroatoms. The number of aldehydes is 1. The van der Waals surface area contributed by atoms with Gasteiger partial charge in [-0.15, -0.1) is 5.10 Å². The van der Waals surface area contributed by atoms with Crippen LogP contribution >= 0.6 is 11.6 Å². The van der Waals surface area contributed by atoms with Crippen LogP contribution in [0.4, 0.5) is 5.69 Å². The maximum Gasteiger partial charge on any atom is 0.246 e. The zero-order chi connectivity index (χ0) is 14.7. The minimum atomic E-state index is -0.291. The zero-order valence-corrected chi connectivity index (χ0v) is 11.8. The van der Waals surface area contributed by atoms with E-state index < -0.39 is 0 Å². The molecule has 1 amide bonds. The van der Waals surface area contributed by atoms with Crippen LogP contribution in [0.2, 0.25) is 5.02 Å². The van der Waals surface area contributed by atoms with E-state index in [1.807, 2.05) is 19.9 Å². The lowest BCUT2D eigenvalue weighted by Crippen LogP contribution is -2.20. The normalized spacial score (nSPS) is 10.3. The van der Waals surface area contributed by atoms with Gasteiger partial charge in [0.25, 0.3) is 0 Å². The molecule has 1 aromatic heterocycles. The lowest BCUT2D eigenvalue weighted by Gasteiger charge is -2.11. The van der Waals surface area contributed by atoms with Crippen molar-refractivity contribution in [2.45, 2.75) is 20.4 Å². The van der Waals surface area contributed by atoms with Crippen LogP contribution in [0, 0.1) is 13.8 Å². The van der Waals surface area contributed by atoms with Gasteiger partial charge in [0.05, 0.1) is 16.9 Å². The maximum absolute atomic E-state index is 11.9. The third kappa shape index (κ3) is 3.21. The van der Waals surface area contributed by atoms with Gasteiger partial charge in [-0.2, -0.15) is 0 Å². The molecule has 0 saturated heterocycles. The molecule has 0 radical (unpaired) electrons. The molecular formula is C13H13ClN4O2. The van der Waals surface area contributed by atoms with Crippen molar-refractivity contribution in [3.05, 3.63) is 40.2 Å². The van der Waals surface area contributed by atoms with E-state index in [1.54, 1.807) is 6.07 Å². The summed E-state index contributed by atoms with van der Waals surface area (Å²) in [4.78, 5) is 22.4. The number of aryl methyl sites for hydroxylation is 2. The van der Waals surface area contributed by atoms with Gasteiger partial charge in [0.1, 0.15) is 12.2 Å². The highest BCUT2D eigenvalue weighted by Crippen LogP contribution is 2.27. The fourth-order valence-corrected chi connectivity index (χ4v) is 2.21. The molecule has 20 heavy (non-hydrogen) atoms. The van der Waals surface area contributed by atoms with Crippen LogP contribution in [0.1, 0.15) is 21.6 Å². The van der Waals surface area contributed by atoms with Gasteiger partial charge in [0, 0.05) is 0 Å². The van der Waals surface area contributed by atoms with E-state index in [0.29, 0.717) is 17.0 Å². The molecule has 104 valence electrons. The quantitative estimate of drug-likeness (QED) is 0.874. The van der Waals surface area contributed by atoms with E-state index in [2.05, 4.69) is 15.6 Å². The number of halogens is 1. The second-order valence-corrected chi connectivity index (χ2v) is 4.85. The highest BCUT2D eigenvalue weighted by atomic mass is 35.5. The summed E-state index contributed by atoms with van der Waals surface area (Å²) >= 11 is 6.11. The van der Waals surface area contributed by atoms with Gasteiger partial charge >= 0.3 is 0 Å². The predicted molar refractivity (Wildman–Crippen MR) is 75.0 cm³/mol. The first-order valence-corrected chi connectivity index (χ1v) is 6.29. The van der Waals surface area contributed by atoms with Gasteiger partial charge in [-0.05, 0) is 31.0 Å². The van der Waals surface area contributed by atoms with Crippen LogP contribution in [0.25, 0.3) is 0 Å². The smallest absolute Gasteiger partial charge is 0.246 e. The molecule has 6 nitrogen and oxygen atoms in total. The van der Waals surface area contributed by atoms with Crippen molar-refractivity contribution < 1.29 is 9.59 Å². The average molecular weight is 293 g/mol. The van der Waals surface area contributed by atoms with Crippen molar-refractivity contribution in [3.63, 3.8) is 0 Å². The second-order valence-electron chi connectivity index (χ2n) is 4.45. The Labute approximate surface area is 120 Å². The summed E-state index contributed by atoms with van der Waals surface area (Å²) in [5.74, 6) is -0.291. The molecule has 0 spiro atoms. The van der Waals surface area contributed by atoms with E-state index in [0.717, 1.165) is 11.1 Å². The topological polar surface area (TPSA) is 76.9 Å². The summed E-state index contributed by atoms with van der Waals surface area (Å²) in [5, 5.41) is 10.5. The van der Waals surface area contributed by atoms with Crippen molar-refractivity contribution in [2.75, 3.05) is 5.32 Å². The Morgan fingerprint density at radius 2 is 2.20 bits per heavy atom. The first-order chi connectivity index (χ1) is 9.49. The van der Waals surface area contributed by atoms with Crippen molar-refractivity contribution in [1.29, 1.82) is 0 Å². The summed E-state index contributed by atoms with van der Waals surface area (Å²) in [6.07, 6.45) is 1.97. The van der Waals surface area contributed by atoms with Gasteiger partial charge < -0.3 is 5.32 Å². The lowest BCUT2D eigenvalue weighted by atomic mass is 10.1. The molecule has 0 aliphatic rings. The molecule has 0 bridgehead atoms. The Bertz CT molecular complexity index is 643. The number of aromatic nitrogens is 3.